The zero-order chi connectivity index (χ0) is 23.2. The van der Waals surface area contributed by atoms with Crippen LogP contribution in [-0.4, -0.2) is 27.6 Å². The van der Waals surface area contributed by atoms with E-state index in [1.165, 1.54) is 5.56 Å². The number of likely N-dealkylation sites (N-methyl/N-ethyl adjacent to an activating group) is 1. The quantitative estimate of drug-likeness (QED) is 0.403. The molecule has 0 saturated carbocycles. The summed E-state index contributed by atoms with van der Waals surface area (Å²) in [6.07, 6.45) is 3.93. The van der Waals surface area contributed by atoms with Gasteiger partial charge in [-0.05, 0) is 49.2 Å². The van der Waals surface area contributed by atoms with Crippen molar-refractivity contribution in [3.05, 3.63) is 119 Å². The summed E-state index contributed by atoms with van der Waals surface area (Å²) < 4.78 is 1.94. The molecule has 5 nitrogen and oxygen atoms in total. The molecule has 1 amide bonds. The first-order valence-electron chi connectivity index (χ1n) is 11.2. The molecule has 0 bridgehead atoms. The van der Waals surface area contributed by atoms with Crippen molar-refractivity contribution < 1.29 is 4.79 Å². The van der Waals surface area contributed by atoms with E-state index in [-0.39, 0.29) is 5.91 Å². The Morgan fingerprint density at radius 1 is 0.970 bits per heavy atom. The molecule has 1 N–H and O–H groups in total. The van der Waals surface area contributed by atoms with Gasteiger partial charge in [0.05, 0.1) is 12.7 Å². The summed E-state index contributed by atoms with van der Waals surface area (Å²) in [4.78, 5) is 15.6. The maximum Gasteiger partial charge on any atom is 0.246 e. The predicted molar refractivity (Wildman–Crippen MR) is 133 cm³/mol. The number of aryl methyl sites for hydroxylation is 2. The van der Waals surface area contributed by atoms with E-state index in [0.717, 1.165) is 34.5 Å². The van der Waals surface area contributed by atoms with E-state index in [9.17, 15) is 4.79 Å². The van der Waals surface area contributed by atoms with Crippen LogP contribution in [0.5, 0.6) is 0 Å². The first-order valence-corrected chi connectivity index (χ1v) is 11.2. The Kier molecular flexibility index (Phi) is 7.01. The molecule has 1 unspecified atom stereocenters. The van der Waals surface area contributed by atoms with Crippen LogP contribution >= 0.6 is 0 Å². The number of rotatable bonds is 8. The number of hydrogen-bond donors (Lipinski definition) is 1. The lowest BCUT2D eigenvalue weighted by Gasteiger charge is -2.27. The van der Waals surface area contributed by atoms with Crippen LogP contribution in [-0.2, 0) is 17.9 Å². The van der Waals surface area contributed by atoms with Gasteiger partial charge in [-0.25, -0.2) is 0 Å². The summed E-state index contributed by atoms with van der Waals surface area (Å²) in [6, 6.07) is 25.9. The third-order valence-corrected chi connectivity index (χ3v) is 5.76. The van der Waals surface area contributed by atoms with Crippen molar-refractivity contribution in [2.75, 3.05) is 12.4 Å². The van der Waals surface area contributed by atoms with E-state index >= 15 is 0 Å². The van der Waals surface area contributed by atoms with Gasteiger partial charge in [0, 0.05) is 24.0 Å². The lowest BCUT2D eigenvalue weighted by Crippen LogP contribution is -2.34. The smallest absolute Gasteiger partial charge is 0.246 e. The molecule has 33 heavy (non-hydrogen) atoms. The molecule has 4 rings (SSSR count). The number of carbonyl (C=O) groups excluding carboxylic acids is 1. The molecule has 1 atom stereocenters. The predicted octanol–water partition coefficient (Wildman–Crippen LogP) is 5.36. The Labute approximate surface area is 195 Å². The Bertz CT molecular complexity index is 1200. The van der Waals surface area contributed by atoms with E-state index < -0.39 is 6.04 Å². The summed E-state index contributed by atoms with van der Waals surface area (Å²) >= 11 is 0. The molecule has 1 heterocycles. The van der Waals surface area contributed by atoms with Crippen LogP contribution in [0.15, 0.2) is 91.3 Å². The second kappa shape index (κ2) is 10.3. The summed E-state index contributed by atoms with van der Waals surface area (Å²) in [7, 11) is 1.98. The fourth-order valence-corrected chi connectivity index (χ4v) is 4.04. The molecule has 3 aromatic carbocycles. The zero-order valence-electron chi connectivity index (χ0n) is 19.4. The molecular weight excluding hydrogens is 408 g/mol. The van der Waals surface area contributed by atoms with Crippen molar-refractivity contribution in [2.45, 2.75) is 33.0 Å². The van der Waals surface area contributed by atoms with Gasteiger partial charge in [-0.1, -0.05) is 72.8 Å². The van der Waals surface area contributed by atoms with Gasteiger partial charge in [0.1, 0.15) is 6.04 Å². The van der Waals surface area contributed by atoms with E-state index in [1.54, 1.807) is 0 Å². The average molecular weight is 439 g/mol. The third-order valence-electron chi connectivity index (χ3n) is 5.76. The zero-order valence-corrected chi connectivity index (χ0v) is 19.4. The van der Waals surface area contributed by atoms with E-state index in [1.807, 2.05) is 98.6 Å². The van der Waals surface area contributed by atoms with Crippen molar-refractivity contribution in [3.8, 4) is 0 Å². The number of amides is 1. The van der Waals surface area contributed by atoms with Crippen LogP contribution in [0.4, 0.5) is 5.69 Å². The normalized spacial score (nSPS) is 12.0. The highest BCUT2D eigenvalue weighted by atomic mass is 16.2. The highest BCUT2D eigenvalue weighted by molar-refractivity contribution is 5.96. The highest BCUT2D eigenvalue weighted by Crippen LogP contribution is 2.25. The first-order chi connectivity index (χ1) is 16.0. The molecule has 168 valence electrons. The van der Waals surface area contributed by atoms with Gasteiger partial charge in [0.15, 0.2) is 0 Å². The monoisotopic (exact) mass is 438 g/mol. The van der Waals surface area contributed by atoms with Gasteiger partial charge in [0.25, 0.3) is 0 Å². The average Bonchev–Trinajstić information content (AvgIpc) is 3.24. The number of nitrogens with one attached hydrogen (secondary N) is 1. The van der Waals surface area contributed by atoms with Crippen molar-refractivity contribution in [1.29, 1.82) is 0 Å². The van der Waals surface area contributed by atoms with Crippen molar-refractivity contribution in [2.24, 2.45) is 0 Å². The van der Waals surface area contributed by atoms with Crippen LogP contribution in [0.2, 0.25) is 0 Å². The van der Waals surface area contributed by atoms with Crippen LogP contribution in [0.3, 0.4) is 0 Å². The SMILES string of the molecule is Cc1ccc(C)c(NC(=O)C(c2ccccc2)N(C)Cc2cnn(Cc3ccccc3)c2)c1. The van der Waals surface area contributed by atoms with Crippen LogP contribution in [0.1, 0.15) is 33.9 Å². The molecule has 0 aliphatic heterocycles. The molecule has 0 spiro atoms. The summed E-state index contributed by atoms with van der Waals surface area (Å²) in [6.45, 7) is 5.37. The van der Waals surface area contributed by atoms with Crippen molar-refractivity contribution in [1.82, 2.24) is 14.7 Å². The number of benzene rings is 3. The fraction of sp³-hybridized carbons (Fsp3) is 0.214. The van der Waals surface area contributed by atoms with Gasteiger partial charge in [0.2, 0.25) is 5.91 Å². The Morgan fingerprint density at radius 3 is 2.39 bits per heavy atom. The van der Waals surface area contributed by atoms with Gasteiger partial charge in [-0.15, -0.1) is 0 Å². The number of anilines is 1. The standard InChI is InChI=1S/C28H30N4O/c1-21-14-15-22(2)26(16-21)30-28(33)27(25-12-8-5-9-13-25)31(3)18-24-17-29-32(20-24)19-23-10-6-4-7-11-23/h4-17,20,27H,18-19H2,1-3H3,(H,30,33). The van der Waals surface area contributed by atoms with E-state index in [0.29, 0.717) is 6.54 Å². The lowest BCUT2D eigenvalue weighted by atomic mass is 10.0. The van der Waals surface area contributed by atoms with Gasteiger partial charge in [-0.3, -0.25) is 14.4 Å². The van der Waals surface area contributed by atoms with E-state index in [2.05, 4.69) is 33.5 Å². The van der Waals surface area contributed by atoms with Crippen LogP contribution in [0, 0.1) is 13.8 Å². The lowest BCUT2D eigenvalue weighted by molar-refractivity contribution is -0.121. The molecule has 1 aromatic heterocycles. The Balaban J connectivity index is 1.52. The van der Waals surface area contributed by atoms with Crippen LogP contribution in [0.25, 0.3) is 0 Å². The van der Waals surface area contributed by atoms with Crippen molar-refractivity contribution in [3.63, 3.8) is 0 Å². The molecule has 0 radical (unpaired) electrons. The van der Waals surface area contributed by atoms with Crippen molar-refractivity contribution >= 4 is 11.6 Å². The minimum absolute atomic E-state index is 0.0472. The second-order valence-electron chi connectivity index (χ2n) is 8.57. The number of aromatic nitrogens is 2. The molecule has 5 heteroatoms. The van der Waals surface area contributed by atoms with Crippen LogP contribution < -0.4 is 5.32 Å². The maximum atomic E-state index is 13.5. The summed E-state index contributed by atoms with van der Waals surface area (Å²) in [5, 5.41) is 7.67. The fourth-order valence-electron chi connectivity index (χ4n) is 4.04. The summed E-state index contributed by atoms with van der Waals surface area (Å²) in [5.74, 6) is -0.0472. The second-order valence-corrected chi connectivity index (χ2v) is 8.57. The van der Waals surface area contributed by atoms with Gasteiger partial charge in [-0.2, -0.15) is 5.10 Å². The Morgan fingerprint density at radius 2 is 1.67 bits per heavy atom. The third kappa shape index (κ3) is 5.76. The minimum Gasteiger partial charge on any atom is -0.324 e. The highest BCUT2D eigenvalue weighted by Gasteiger charge is 2.26. The Hall–Kier alpha value is -3.70. The van der Waals surface area contributed by atoms with E-state index in [4.69, 9.17) is 0 Å². The molecule has 0 fully saturated rings. The maximum absolute atomic E-state index is 13.5. The van der Waals surface area contributed by atoms with Gasteiger partial charge < -0.3 is 5.32 Å². The largest absolute Gasteiger partial charge is 0.324 e. The number of nitrogens with zero attached hydrogens (tertiary/aromatic N) is 3. The molecule has 0 aliphatic rings. The molecule has 4 aromatic rings. The summed E-state index contributed by atoms with van der Waals surface area (Å²) in [5.41, 5.74) is 6.24. The molecule has 0 saturated heterocycles. The number of hydrogen-bond acceptors (Lipinski definition) is 3. The first kappa shape index (κ1) is 22.5. The molecule has 0 aliphatic carbocycles. The van der Waals surface area contributed by atoms with Gasteiger partial charge >= 0.3 is 0 Å². The minimum atomic E-state index is -0.427. The molecular formula is C28H30N4O. The number of carbonyl (C=O) groups is 1. The topological polar surface area (TPSA) is 50.2 Å².